The number of amides is 3. The Kier molecular flexibility index (Phi) is 5.43. The van der Waals surface area contributed by atoms with Gasteiger partial charge >= 0.3 is 0 Å². The Labute approximate surface area is 157 Å². The highest BCUT2D eigenvalue weighted by atomic mass is 16.5. The number of hydrogen-bond acceptors (Lipinski definition) is 5. The molecule has 0 saturated carbocycles. The van der Waals surface area contributed by atoms with E-state index in [4.69, 9.17) is 4.74 Å². The standard InChI is InChI=1S/C19H23N3O5/c1-3-16(24)14-4-5-17-15(10-14)22(19(26)12-27-17)11-18(25)21-8-6-20(7-9-21)13(2)23/h4-5,10H,3,6-9,11-12H2,1-2H3. The first-order valence-corrected chi connectivity index (χ1v) is 9.04. The summed E-state index contributed by atoms with van der Waals surface area (Å²) >= 11 is 0. The monoisotopic (exact) mass is 373 g/mol. The van der Waals surface area contributed by atoms with Crippen molar-refractivity contribution in [2.75, 3.05) is 44.2 Å². The lowest BCUT2D eigenvalue weighted by Crippen LogP contribution is -2.53. The molecule has 0 aromatic heterocycles. The van der Waals surface area contributed by atoms with Crippen LogP contribution in [0.5, 0.6) is 5.75 Å². The van der Waals surface area contributed by atoms with Gasteiger partial charge in [0, 0.05) is 45.1 Å². The molecular formula is C19H23N3O5. The van der Waals surface area contributed by atoms with E-state index in [1.165, 1.54) is 11.8 Å². The highest BCUT2D eigenvalue weighted by Crippen LogP contribution is 2.33. The molecule has 1 saturated heterocycles. The number of ether oxygens (including phenoxy) is 1. The third-order valence-electron chi connectivity index (χ3n) is 4.92. The minimum Gasteiger partial charge on any atom is -0.482 e. The van der Waals surface area contributed by atoms with Crippen LogP contribution in [-0.4, -0.2) is 72.6 Å². The van der Waals surface area contributed by atoms with Gasteiger partial charge in [-0.25, -0.2) is 0 Å². The second-order valence-corrected chi connectivity index (χ2v) is 6.61. The molecule has 0 atom stereocenters. The Bertz CT molecular complexity index is 784. The molecule has 1 aromatic carbocycles. The van der Waals surface area contributed by atoms with E-state index in [1.54, 1.807) is 34.9 Å². The van der Waals surface area contributed by atoms with Crippen LogP contribution in [0.4, 0.5) is 5.69 Å². The maximum absolute atomic E-state index is 12.7. The van der Waals surface area contributed by atoms with Crippen molar-refractivity contribution in [1.82, 2.24) is 9.80 Å². The number of nitrogens with zero attached hydrogens (tertiary/aromatic N) is 3. The first-order chi connectivity index (χ1) is 12.9. The van der Waals surface area contributed by atoms with Gasteiger partial charge in [0.2, 0.25) is 11.8 Å². The van der Waals surface area contributed by atoms with E-state index in [1.807, 2.05) is 0 Å². The van der Waals surface area contributed by atoms with E-state index in [2.05, 4.69) is 0 Å². The summed E-state index contributed by atoms with van der Waals surface area (Å²) in [5.74, 6) is -0.0719. The molecule has 8 heteroatoms. The number of ketones is 1. The second kappa shape index (κ2) is 7.77. The molecule has 0 unspecified atom stereocenters. The molecule has 0 spiro atoms. The fraction of sp³-hybridized carbons (Fsp3) is 0.474. The Morgan fingerprint density at radius 1 is 1.07 bits per heavy atom. The Balaban J connectivity index is 1.75. The van der Waals surface area contributed by atoms with E-state index in [0.717, 1.165) is 0 Å². The fourth-order valence-electron chi connectivity index (χ4n) is 3.26. The Morgan fingerprint density at radius 3 is 2.37 bits per heavy atom. The highest BCUT2D eigenvalue weighted by molar-refractivity contribution is 6.04. The van der Waals surface area contributed by atoms with Crippen molar-refractivity contribution in [3.05, 3.63) is 23.8 Å². The zero-order valence-corrected chi connectivity index (χ0v) is 15.6. The minimum atomic E-state index is -0.320. The number of fused-ring (bicyclic) bond motifs is 1. The van der Waals surface area contributed by atoms with Crippen molar-refractivity contribution in [3.8, 4) is 5.75 Å². The molecule has 3 amide bonds. The van der Waals surface area contributed by atoms with Crippen molar-refractivity contribution in [2.45, 2.75) is 20.3 Å². The maximum atomic E-state index is 12.7. The molecule has 0 N–H and O–H groups in total. The lowest BCUT2D eigenvalue weighted by Gasteiger charge is -2.36. The topological polar surface area (TPSA) is 87.2 Å². The molecule has 27 heavy (non-hydrogen) atoms. The van der Waals surface area contributed by atoms with Crippen LogP contribution in [0.3, 0.4) is 0 Å². The van der Waals surface area contributed by atoms with E-state index in [9.17, 15) is 19.2 Å². The molecule has 8 nitrogen and oxygen atoms in total. The van der Waals surface area contributed by atoms with Crippen molar-refractivity contribution in [1.29, 1.82) is 0 Å². The van der Waals surface area contributed by atoms with Crippen LogP contribution >= 0.6 is 0 Å². The van der Waals surface area contributed by atoms with Crippen LogP contribution in [0.1, 0.15) is 30.6 Å². The lowest BCUT2D eigenvalue weighted by atomic mass is 10.1. The molecule has 0 aliphatic carbocycles. The van der Waals surface area contributed by atoms with Crippen molar-refractivity contribution >= 4 is 29.2 Å². The molecule has 1 fully saturated rings. The molecule has 0 radical (unpaired) electrons. The van der Waals surface area contributed by atoms with Gasteiger partial charge in [-0.3, -0.25) is 24.1 Å². The summed E-state index contributed by atoms with van der Waals surface area (Å²) < 4.78 is 5.43. The summed E-state index contributed by atoms with van der Waals surface area (Å²) in [4.78, 5) is 53.2. The van der Waals surface area contributed by atoms with Gasteiger partial charge < -0.3 is 14.5 Å². The third-order valence-corrected chi connectivity index (χ3v) is 4.92. The van der Waals surface area contributed by atoms with Gasteiger partial charge in [-0.1, -0.05) is 6.92 Å². The van der Waals surface area contributed by atoms with Gasteiger partial charge in [0.05, 0.1) is 5.69 Å². The summed E-state index contributed by atoms with van der Waals surface area (Å²) in [5.41, 5.74) is 0.934. The summed E-state index contributed by atoms with van der Waals surface area (Å²) in [6, 6.07) is 4.94. The predicted octanol–water partition coefficient (Wildman–Crippen LogP) is 0.695. The van der Waals surface area contributed by atoms with E-state index in [0.29, 0.717) is 49.6 Å². The largest absolute Gasteiger partial charge is 0.482 e. The number of rotatable bonds is 4. The molecule has 3 rings (SSSR count). The number of carbonyl (C=O) groups excluding carboxylic acids is 4. The molecular weight excluding hydrogens is 350 g/mol. The predicted molar refractivity (Wildman–Crippen MR) is 97.7 cm³/mol. The van der Waals surface area contributed by atoms with Gasteiger partial charge in [-0.15, -0.1) is 0 Å². The van der Waals surface area contributed by atoms with Gasteiger partial charge in [0.15, 0.2) is 12.4 Å². The number of benzene rings is 1. The van der Waals surface area contributed by atoms with E-state index >= 15 is 0 Å². The number of carbonyl (C=O) groups is 4. The van der Waals surface area contributed by atoms with E-state index in [-0.39, 0.29) is 36.7 Å². The first-order valence-electron chi connectivity index (χ1n) is 9.04. The van der Waals surface area contributed by atoms with Crippen LogP contribution in [0, 0.1) is 0 Å². The van der Waals surface area contributed by atoms with Crippen LogP contribution in [0.2, 0.25) is 0 Å². The molecule has 2 aliphatic rings. The van der Waals surface area contributed by atoms with Crippen LogP contribution in [0.15, 0.2) is 18.2 Å². The second-order valence-electron chi connectivity index (χ2n) is 6.61. The normalized spacial score (nSPS) is 16.7. The van der Waals surface area contributed by atoms with Crippen LogP contribution in [0.25, 0.3) is 0 Å². The number of hydrogen-bond donors (Lipinski definition) is 0. The average molecular weight is 373 g/mol. The van der Waals surface area contributed by atoms with Crippen molar-refractivity contribution in [2.24, 2.45) is 0 Å². The van der Waals surface area contributed by atoms with Crippen molar-refractivity contribution < 1.29 is 23.9 Å². The Hall–Kier alpha value is -2.90. The van der Waals surface area contributed by atoms with Gasteiger partial charge in [0.25, 0.3) is 5.91 Å². The zero-order chi connectivity index (χ0) is 19.6. The molecule has 2 heterocycles. The molecule has 144 valence electrons. The van der Waals surface area contributed by atoms with E-state index < -0.39 is 0 Å². The minimum absolute atomic E-state index is 0.00694. The van der Waals surface area contributed by atoms with Gasteiger partial charge in [-0.2, -0.15) is 0 Å². The molecule has 0 bridgehead atoms. The first kappa shape index (κ1) is 18.9. The van der Waals surface area contributed by atoms with Crippen LogP contribution < -0.4 is 9.64 Å². The smallest absolute Gasteiger partial charge is 0.265 e. The van der Waals surface area contributed by atoms with Crippen LogP contribution in [-0.2, 0) is 14.4 Å². The summed E-state index contributed by atoms with van der Waals surface area (Å²) in [5, 5.41) is 0. The third kappa shape index (κ3) is 3.94. The quantitative estimate of drug-likeness (QED) is 0.725. The number of anilines is 1. The maximum Gasteiger partial charge on any atom is 0.265 e. The Morgan fingerprint density at radius 2 is 1.74 bits per heavy atom. The zero-order valence-electron chi connectivity index (χ0n) is 15.6. The lowest BCUT2D eigenvalue weighted by molar-refractivity contribution is -0.138. The SMILES string of the molecule is CCC(=O)c1ccc2c(c1)N(CC(=O)N1CCN(C(C)=O)CC1)C(=O)CO2. The van der Waals surface area contributed by atoms with Gasteiger partial charge in [-0.05, 0) is 18.2 Å². The molecule has 1 aromatic rings. The van der Waals surface area contributed by atoms with Crippen molar-refractivity contribution in [3.63, 3.8) is 0 Å². The number of Topliss-reactive ketones (excluding diaryl/α,β-unsaturated/α-hetero) is 1. The molecule has 2 aliphatic heterocycles. The summed E-state index contributed by atoms with van der Waals surface area (Å²) in [6.45, 7) is 4.89. The summed E-state index contributed by atoms with van der Waals surface area (Å²) in [6.07, 6.45) is 0.354. The number of piperazine rings is 1. The fourth-order valence-corrected chi connectivity index (χ4v) is 3.26. The highest BCUT2D eigenvalue weighted by Gasteiger charge is 2.31. The average Bonchev–Trinajstić information content (AvgIpc) is 2.69. The summed E-state index contributed by atoms with van der Waals surface area (Å²) in [7, 11) is 0. The van der Waals surface area contributed by atoms with Gasteiger partial charge in [0.1, 0.15) is 12.3 Å².